The SMILES string of the molecule is COC(=O)c1c(Cl)nc(C)nc1Cl. The predicted molar refractivity (Wildman–Crippen MR) is 48.1 cm³/mol. The number of hydrogen-bond acceptors (Lipinski definition) is 4. The molecule has 0 atom stereocenters. The quantitative estimate of drug-likeness (QED) is 0.536. The summed E-state index contributed by atoms with van der Waals surface area (Å²) in [7, 11) is 1.23. The van der Waals surface area contributed by atoms with Gasteiger partial charge in [0, 0.05) is 0 Å². The van der Waals surface area contributed by atoms with Gasteiger partial charge in [-0.1, -0.05) is 23.2 Å². The third-order valence-corrected chi connectivity index (χ3v) is 1.87. The van der Waals surface area contributed by atoms with Gasteiger partial charge in [0.2, 0.25) is 0 Å². The topological polar surface area (TPSA) is 52.1 Å². The Hall–Kier alpha value is -0.870. The molecule has 0 aliphatic carbocycles. The number of esters is 1. The van der Waals surface area contributed by atoms with E-state index >= 15 is 0 Å². The molecular formula is C7H6Cl2N2O2. The molecule has 0 fully saturated rings. The third kappa shape index (κ3) is 2.08. The van der Waals surface area contributed by atoms with Gasteiger partial charge in [-0.2, -0.15) is 0 Å². The van der Waals surface area contributed by atoms with E-state index in [1.165, 1.54) is 7.11 Å². The highest BCUT2D eigenvalue weighted by Crippen LogP contribution is 2.21. The summed E-state index contributed by atoms with van der Waals surface area (Å²) >= 11 is 11.3. The lowest BCUT2D eigenvalue weighted by Crippen LogP contribution is -2.06. The van der Waals surface area contributed by atoms with Crippen molar-refractivity contribution in [1.82, 2.24) is 9.97 Å². The van der Waals surface area contributed by atoms with Crippen molar-refractivity contribution in [2.45, 2.75) is 6.92 Å². The number of nitrogens with zero attached hydrogens (tertiary/aromatic N) is 2. The smallest absolute Gasteiger partial charge is 0.344 e. The van der Waals surface area contributed by atoms with Crippen LogP contribution in [0.25, 0.3) is 0 Å². The molecule has 1 rings (SSSR count). The summed E-state index contributed by atoms with van der Waals surface area (Å²) < 4.78 is 4.45. The Balaban J connectivity index is 3.28. The number of ether oxygens (including phenoxy) is 1. The predicted octanol–water partition coefficient (Wildman–Crippen LogP) is 1.88. The molecule has 0 N–H and O–H groups in total. The van der Waals surface area contributed by atoms with Crippen molar-refractivity contribution in [2.75, 3.05) is 7.11 Å². The highest BCUT2D eigenvalue weighted by atomic mass is 35.5. The molecule has 0 saturated heterocycles. The molecular weight excluding hydrogens is 215 g/mol. The maximum Gasteiger partial charge on any atom is 0.344 e. The van der Waals surface area contributed by atoms with E-state index in [1.54, 1.807) is 6.92 Å². The minimum absolute atomic E-state index is 0.00330. The van der Waals surface area contributed by atoms with Crippen LogP contribution < -0.4 is 0 Å². The van der Waals surface area contributed by atoms with E-state index in [2.05, 4.69) is 14.7 Å². The summed E-state index contributed by atoms with van der Waals surface area (Å²) in [4.78, 5) is 18.6. The van der Waals surface area contributed by atoms with Crippen molar-refractivity contribution in [3.8, 4) is 0 Å². The fourth-order valence-electron chi connectivity index (χ4n) is 0.777. The molecule has 0 spiro atoms. The molecule has 0 bridgehead atoms. The minimum Gasteiger partial charge on any atom is -0.465 e. The first kappa shape index (κ1) is 10.2. The highest BCUT2D eigenvalue weighted by molar-refractivity contribution is 6.37. The van der Waals surface area contributed by atoms with E-state index in [0.29, 0.717) is 5.82 Å². The van der Waals surface area contributed by atoms with Gasteiger partial charge < -0.3 is 4.74 Å². The van der Waals surface area contributed by atoms with E-state index in [4.69, 9.17) is 23.2 Å². The number of rotatable bonds is 1. The monoisotopic (exact) mass is 220 g/mol. The average Bonchev–Trinajstić information content (AvgIpc) is 2.02. The van der Waals surface area contributed by atoms with Crippen molar-refractivity contribution in [3.05, 3.63) is 21.7 Å². The Morgan fingerprint density at radius 2 is 1.77 bits per heavy atom. The van der Waals surface area contributed by atoms with Gasteiger partial charge in [0.25, 0.3) is 0 Å². The lowest BCUT2D eigenvalue weighted by Gasteiger charge is -2.03. The van der Waals surface area contributed by atoms with Gasteiger partial charge in [-0.15, -0.1) is 0 Å². The normalized spacial score (nSPS) is 9.85. The van der Waals surface area contributed by atoms with Crippen LogP contribution in [0.2, 0.25) is 10.3 Å². The Morgan fingerprint density at radius 1 is 1.31 bits per heavy atom. The standard InChI is InChI=1S/C7H6Cl2N2O2/c1-3-10-5(8)4(6(9)11-3)7(12)13-2/h1-2H3. The lowest BCUT2D eigenvalue weighted by molar-refractivity contribution is 0.0600. The van der Waals surface area contributed by atoms with Gasteiger partial charge in [0.1, 0.15) is 21.7 Å². The van der Waals surface area contributed by atoms with Crippen LogP contribution in [-0.4, -0.2) is 23.0 Å². The Labute approximate surface area is 84.8 Å². The number of carbonyl (C=O) groups is 1. The van der Waals surface area contributed by atoms with E-state index in [0.717, 1.165) is 0 Å². The van der Waals surface area contributed by atoms with Crippen LogP contribution in [0.1, 0.15) is 16.2 Å². The van der Waals surface area contributed by atoms with Crippen LogP contribution in [0.15, 0.2) is 0 Å². The fourth-order valence-corrected chi connectivity index (χ4v) is 1.40. The molecule has 0 saturated carbocycles. The zero-order valence-corrected chi connectivity index (χ0v) is 8.48. The van der Waals surface area contributed by atoms with Crippen LogP contribution in [0.4, 0.5) is 0 Å². The van der Waals surface area contributed by atoms with Crippen molar-refractivity contribution >= 4 is 29.2 Å². The molecule has 0 aromatic carbocycles. The van der Waals surface area contributed by atoms with E-state index in [1.807, 2.05) is 0 Å². The minimum atomic E-state index is -0.644. The number of carbonyl (C=O) groups excluding carboxylic acids is 1. The Kier molecular flexibility index (Phi) is 3.06. The van der Waals surface area contributed by atoms with E-state index < -0.39 is 5.97 Å². The second-order valence-electron chi connectivity index (χ2n) is 2.22. The Bertz CT molecular complexity index is 331. The van der Waals surface area contributed by atoms with Gasteiger partial charge in [0.05, 0.1) is 7.11 Å². The summed E-state index contributed by atoms with van der Waals surface area (Å²) in [5.41, 5.74) is -0.00330. The number of aromatic nitrogens is 2. The molecule has 0 radical (unpaired) electrons. The average molecular weight is 221 g/mol. The van der Waals surface area contributed by atoms with Gasteiger partial charge in [-0.05, 0) is 6.92 Å². The zero-order valence-electron chi connectivity index (χ0n) is 6.97. The second kappa shape index (κ2) is 3.89. The van der Waals surface area contributed by atoms with Crippen LogP contribution >= 0.6 is 23.2 Å². The first-order valence-corrected chi connectivity index (χ1v) is 4.09. The van der Waals surface area contributed by atoms with E-state index in [9.17, 15) is 4.79 Å². The third-order valence-electron chi connectivity index (χ3n) is 1.32. The van der Waals surface area contributed by atoms with Crippen molar-refractivity contribution in [2.24, 2.45) is 0 Å². The number of aryl methyl sites for hydroxylation is 1. The Morgan fingerprint density at radius 3 is 2.15 bits per heavy atom. The maximum atomic E-state index is 11.1. The largest absolute Gasteiger partial charge is 0.465 e. The molecule has 1 aromatic rings. The molecule has 1 aromatic heterocycles. The fraction of sp³-hybridized carbons (Fsp3) is 0.286. The molecule has 6 heteroatoms. The van der Waals surface area contributed by atoms with Crippen LogP contribution in [0.3, 0.4) is 0 Å². The summed E-state index contributed by atoms with van der Waals surface area (Å²) in [6.45, 7) is 1.62. The van der Waals surface area contributed by atoms with Crippen LogP contribution in [0, 0.1) is 6.92 Å². The van der Waals surface area contributed by atoms with Crippen molar-refractivity contribution < 1.29 is 9.53 Å². The van der Waals surface area contributed by atoms with Gasteiger partial charge in [-0.3, -0.25) is 0 Å². The maximum absolute atomic E-state index is 11.1. The molecule has 0 aliphatic rings. The van der Waals surface area contributed by atoms with Gasteiger partial charge in [-0.25, -0.2) is 14.8 Å². The first-order valence-electron chi connectivity index (χ1n) is 3.34. The lowest BCUT2D eigenvalue weighted by atomic mass is 10.3. The molecule has 13 heavy (non-hydrogen) atoms. The summed E-state index contributed by atoms with van der Waals surface area (Å²) in [6.07, 6.45) is 0. The highest BCUT2D eigenvalue weighted by Gasteiger charge is 2.18. The molecule has 4 nitrogen and oxygen atoms in total. The van der Waals surface area contributed by atoms with E-state index in [-0.39, 0.29) is 15.9 Å². The van der Waals surface area contributed by atoms with Gasteiger partial charge in [0.15, 0.2) is 0 Å². The van der Waals surface area contributed by atoms with Crippen molar-refractivity contribution in [3.63, 3.8) is 0 Å². The van der Waals surface area contributed by atoms with Crippen LogP contribution in [-0.2, 0) is 4.74 Å². The van der Waals surface area contributed by atoms with Gasteiger partial charge >= 0.3 is 5.97 Å². The molecule has 0 amide bonds. The molecule has 1 heterocycles. The molecule has 0 aliphatic heterocycles. The number of halogens is 2. The zero-order chi connectivity index (χ0) is 10.0. The second-order valence-corrected chi connectivity index (χ2v) is 2.94. The summed E-state index contributed by atoms with van der Waals surface area (Å²) in [5, 5.41) is 0.00806. The molecule has 70 valence electrons. The summed E-state index contributed by atoms with van der Waals surface area (Å²) in [6, 6.07) is 0. The molecule has 0 unspecified atom stereocenters. The first-order chi connectivity index (χ1) is 6.06. The number of methoxy groups -OCH3 is 1. The summed E-state index contributed by atoms with van der Waals surface area (Å²) in [5.74, 6) is -0.238. The number of hydrogen-bond donors (Lipinski definition) is 0. The van der Waals surface area contributed by atoms with Crippen molar-refractivity contribution in [1.29, 1.82) is 0 Å². The van der Waals surface area contributed by atoms with Crippen LogP contribution in [0.5, 0.6) is 0 Å².